The van der Waals surface area contributed by atoms with E-state index in [-0.39, 0.29) is 18.2 Å². The number of aryl methyl sites for hydroxylation is 2. The Morgan fingerprint density at radius 2 is 1.83 bits per heavy atom. The van der Waals surface area contributed by atoms with Crippen molar-refractivity contribution < 1.29 is 22.5 Å². The minimum absolute atomic E-state index is 0. The molecule has 2 aromatic carbocycles. The van der Waals surface area contributed by atoms with Crippen molar-refractivity contribution in [1.29, 1.82) is 0 Å². The van der Waals surface area contributed by atoms with Crippen LogP contribution in [0.25, 0.3) is 10.9 Å². The van der Waals surface area contributed by atoms with Gasteiger partial charge in [0.25, 0.3) is 0 Å². The Balaban J connectivity index is 0.00000156. The van der Waals surface area contributed by atoms with Gasteiger partial charge in [-0.05, 0) is 55.7 Å². The lowest BCUT2D eigenvalue weighted by molar-refractivity contribution is -0.356. The van der Waals surface area contributed by atoms with Gasteiger partial charge in [-0.2, -0.15) is 0 Å². The van der Waals surface area contributed by atoms with E-state index in [0.29, 0.717) is 0 Å². The van der Waals surface area contributed by atoms with Crippen LogP contribution in [0.5, 0.6) is 5.75 Å². The van der Waals surface area contributed by atoms with E-state index in [0.717, 1.165) is 18.5 Å². The second-order valence-corrected chi connectivity index (χ2v) is 6.03. The highest BCUT2D eigenvalue weighted by Crippen LogP contribution is 2.34. The molecule has 0 saturated heterocycles. The molecule has 118 valence electrons. The molecule has 1 aromatic heterocycles. The zero-order chi connectivity index (χ0) is 15.1. The SMILES string of the molecule is Cc1ccc2[nH+]c3c(c(Nc4ccc(O)cc4)c2c1)CCC3.[Cl-]. The number of hydrogen-bond acceptors (Lipinski definition) is 2. The molecule has 0 bridgehead atoms. The van der Waals surface area contributed by atoms with Gasteiger partial charge in [-0.1, -0.05) is 6.07 Å². The quantitative estimate of drug-likeness (QED) is 0.688. The lowest BCUT2D eigenvalue weighted by Crippen LogP contribution is -3.00. The molecule has 0 unspecified atom stereocenters. The van der Waals surface area contributed by atoms with Gasteiger partial charge in [-0.15, -0.1) is 0 Å². The molecule has 23 heavy (non-hydrogen) atoms. The lowest BCUT2D eigenvalue weighted by atomic mass is 10.0. The molecule has 0 atom stereocenters. The van der Waals surface area contributed by atoms with E-state index >= 15 is 0 Å². The highest BCUT2D eigenvalue weighted by molar-refractivity contribution is 5.93. The minimum Gasteiger partial charge on any atom is -1.00 e. The Labute approximate surface area is 141 Å². The van der Waals surface area contributed by atoms with Crippen LogP contribution in [0.15, 0.2) is 42.5 Å². The Bertz CT molecular complexity index is 859. The van der Waals surface area contributed by atoms with E-state index in [1.165, 1.54) is 39.8 Å². The molecule has 1 aliphatic carbocycles. The molecule has 0 radical (unpaired) electrons. The summed E-state index contributed by atoms with van der Waals surface area (Å²) in [6.07, 6.45) is 3.42. The number of benzene rings is 2. The van der Waals surface area contributed by atoms with E-state index in [9.17, 15) is 5.11 Å². The molecule has 3 nitrogen and oxygen atoms in total. The number of phenolic OH excluding ortho intramolecular Hbond substituents is 1. The van der Waals surface area contributed by atoms with Gasteiger partial charge in [0.15, 0.2) is 5.69 Å². The van der Waals surface area contributed by atoms with E-state index in [2.05, 4.69) is 35.4 Å². The molecule has 0 spiro atoms. The first-order valence-corrected chi connectivity index (χ1v) is 7.74. The number of pyridine rings is 1. The van der Waals surface area contributed by atoms with Gasteiger partial charge in [0.1, 0.15) is 5.75 Å². The molecule has 0 amide bonds. The number of hydrogen-bond donors (Lipinski definition) is 2. The van der Waals surface area contributed by atoms with Crippen LogP contribution in [0.1, 0.15) is 23.2 Å². The number of nitrogens with one attached hydrogen (secondary N) is 2. The minimum atomic E-state index is 0. The van der Waals surface area contributed by atoms with E-state index in [1.807, 2.05) is 12.1 Å². The average Bonchev–Trinajstić information content (AvgIpc) is 2.98. The van der Waals surface area contributed by atoms with Gasteiger partial charge >= 0.3 is 0 Å². The summed E-state index contributed by atoms with van der Waals surface area (Å²) in [4.78, 5) is 3.59. The van der Waals surface area contributed by atoms with Crippen molar-refractivity contribution >= 4 is 22.3 Å². The third kappa shape index (κ3) is 2.84. The van der Waals surface area contributed by atoms with Crippen LogP contribution < -0.4 is 22.7 Å². The molecular weight excluding hydrogens is 308 g/mol. The molecule has 3 N–H and O–H groups in total. The van der Waals surface area contributed by atoms with Crippen molar-refractivity contribution in [2.75, 3.05) is 5.32 Å². The van der Waals surface area contributed by atoms with Crippen LogP contribution in [-0.4, -0.2) is 5.11 Å². The molecular formula is C19H19ClN2O. The van der Waals surface area contributed by atoms with E-state index in [4.69, 9.17) is 0 Å². The fraction of sp³-hybridized carbons (Fsp3) is 0.211. The van der Waals surface area contributed by atoms with Crippen LogP contribution in [0.3, 0.4) is 0 Å². The molecule has 0 aliphatic heterocycles. The van der Waals surface area contributed by atoms with Gasteiger partial charge in [0, 0.05) is 23.7 Å². The van der Waals surface area contributed by atoms with Crippen molar-refractivity contribution in [2.45, 2.75) is 26.2 Å². The van der Waals surface area contributed by atoms with Crippen LogP contribution in [0.2, 0.25) is 0 Å². The summed E-state index contributed by atoms with van der Waals surface area (Å²) >= 11 is 0. The van der Waals surface area contributed by atoms with Gasteiger partial charge < -0.3 is 22.8 Å². The van der Waals surface area contributed by atoms with Crippen LogP contribution in [0.4, 0.5) is 11.4 Å². The molecule has 3 aromatic rings. The van der Waals surface area contributed by atoms with Gasteiger partial charge in [-0.25, -0.2) is 4.98 Å². The van der Waals surface area contributed by atoms with E-state index < -0.39 is 0 Å². The van der Waals surface area contributed by atoms with Crippen molar-refractivity contribution in [2.24, 2.45) is 0 Å². The number of phenols is 1. The number of aromatic hydroxyl groups is 1. The molecule has 0 saturated carbocycles. The number of aromatic nitrogens is 1. The number of rotatable bonds is 2. The van der Waals surface area contributed by atoms with Crippen molar-refractivity contribution in [3.63, 3.8) is 0 Å². The topological polar surface area (TPSA) is 46.4 Å². The predicted molar refractivity (Wildman–Crippen MR) is 88.7 cm³/mol. The third-order valence-corrected chi connectivity index (χ3v) is 4.39. The molecule has 1 aliphatic rings. The Kier molecular flexibility index (Phi) is 4.14. The largest absolute Gasteiger partial charge is 1.00 e. The Morgan fingerprint density at radius 3 is 2.61 bits per heavy atom. The fourth-order valence-corrected chi connectivity index (χ4v) is 3.29. The summed E-state index contributed by atoms with van der Waals surface area (Å²) in [7, 11) is 0. The van der Waals surface area contributed by atoms with Crippen molar-refractivity contribution in [3.05, 3.63) is 59.3 Å². The molecule has 0 fully saturated rings. The highest BCUT2D eigenvalue weighted by Gasteiger charge is 2.24. The number of anilines is 2. The summed E-state index contributed by atoms with van der Waals surface area (Å²) in [6.45, 7) is 2.12. The maximum Gasteiger partial charge on any atom is 0.213 e. The molecule has 4 rings (SSSR count). The normalized spacial score (nSPS) is 12.7. The van der Waals surface area contributed by atoms with Gasteiger partial charge in [0.05, 0.1) is 11.1 Å². The van der Waals surface area contributed by atoms with Crippen LogP contribution in [0, 0.1) is 6.92 Å². The van der Waals surface area contributed by atoms with Crippen molar-refractivity contribution in [1.82, 2.24) is 0 Å². The second kappa shape index (κ2) is 6.09. The monoisotopic (exact) mass is 326 g/mol. The standard InChI is InChI=1S/C19H18N2O.ClH/c1-12-5-10-18-16(11-12)19(15-3-2-4-17(15)21-18)20-13-6-8-14(22)9-7-13;/h5-11,22H,2-4H2,1H3,(H,20,21);1H. The van der Waals surface area contributed by atoms with E-state index in [1.54, 1.807) is 12.1 Å². The van der Waals surface area contributed by atoms with Crippen LogP contribution in [-0.2, 0) is 12.8 Å². The average molecular weight is 327 g/mol. The number of aromatic amines is 1. The zero-order valence-corrected chi connectivity index (χ0v) is 13.7. The van der Waals surface area contributed by atoms with Gasteiger partial charge in [0.2, 0.25) is 5.52 Å². The van der Waals surface area contributed by atoms with Crippen molar-refractivity contribution in [3.8, 4) is 5.75 Å². The Morgan fingerprint density at radius 1 is 1.04 bits per heavy atom. The van der Waals surface area contributed by atoms with Gasteiger partial charge in [-0.3, -0.25) is 0 Å². The molecule has 4 heteroatoms. The first-order valence-electron chi connectivity index (χ1n) is 7.74. The maximum absolute atomic E-state index is 9.45. The summed E-state index contributed by atoms with van der Waals surface area (Å²) in [5.41, 5.74) is 7.38. The summed E-state index contributed by atoms with van der Waals surface area (Å²) < 4.78 is 0. The first-order chi connectivity index (χ1) is 10.7. The highest BCUT2D eigenvalue weighted by atomic mass is 35.5. The smallest absolute Gasteiger partial charge is 0.213 e. The fourth-order valence-electron chi connectivity index (χ4n) is 3.29. The summed E-state index contributed by atoms with van der Waals surface area (Å²) in [5, 5.41) is 14.3. The number of H-pyrrole nitrogens is 1. The second-order valence-electron chi connectivity index (χ2n) is 6.03. The summed E-state index contributed by atoms with van der Waals surface area (Å²) in [5.74, 6) is 0.290. The van der Waals surface area contributed by atoms with Crippen LogP contribution >= 0.6 is 0 Å². The lowest BCUT2D eigenvalue weighted by Gasteiger charge is -2.12. The zero-order valence-electron chi connectivity index (χ0n) is 13.0. The maximum atomic E-state index is 9.45. The number of halogens is 1. The summed E-state index contributed by atoms with van der Waals surface area (Å²) in [6, 6.07) is 13.8. The Hall–Kier alpha value is -2.26. The first kappa shape index (κ1) is 15.6. The third-order valence-electron chi connectivity index (χ3n) is 4.39. The molecule has 1 heterocycles. The predicted octanol–water partition coefficient (Wildman–Crippen LogP) is 0.904. The number of fused-ring (bicyclic) bond motifs is 2.